The Bertz CT molecular complexity index is 172. The lowest BCUT2D eigenvalue weighted by atomic mass is 10.2. The Morgan fingerprint density at radius 3 is 2.58 bits per heavy atom. The monoisotopic (exact) mass is 235 g/mol. The molecule has 1 amide bonds. The van der Waals surface area contributed by atoms with E-state index in [1.807, 2.05) is 20.8 Å². The first-order chi connectivity index (χ1) is 5.45. The van der Waals surface area contributed by atoms with Gasteiger partial charge in [-0.3, -0.25) is 0 Å². The van der Waals surface area contributed by atoms with Crippen molar-refractivity contribution in [3.8, 4) is 0 Å². The highest BCUT2D eigenvalue weighted by atomic mass is 79.9. The first-order valence-electron chi connectivity index (χ1n) is 3.68. The van der Waals surface area contributed by atoms with Crippen molar-refractivity contribution in [1.29, 1.82) is 0 Å². The molecule has 1 N–H and O–H groups in total. The number of alkyl carbamates (subject to hydrolysis) is 1. The summed E-state index contributed by atoms with van der Waals surface area (Å²) in [5, 5.41) is 2.56. The minimum Gasteiger partial charge on any atom is -0.444 e. The van der Waals surface area contributed by atoms with Crippen LogP contribution in [-0.2, 0) is 4.74 Å². The Morgan fingerprint density at radius 2 is 2.17 bits per heavy atom. The van der Waals surface area contributed by atoms with E-state index in [0.717, 1.165) is 0 Å². The minimum atomic E-state index is -0.428. The van der Waals surface area contributed by atoms with Crippen molar-refractivity contribution in [2.24, 2.45) is 0 Å². The molecule has 0 unspecified atom stereocenters. The molecular formula is C8H14BrNO2. The molecule has 0 aromatic rings. The smallest absolute Gasteiger partial charge is 0.407 e. The summed E-state index contributed by atoms with van der Waals surface area (Å²) in [5.41, 5.74) is -0.428. The summed E-state index contributed by atoms with van der Waals surface area (Å²) in [6.07, 6.45) is 1.37. The van der Waals surface area contributed by atoms with Crippen molar-refractivity contribution in [2.75, 3.05) is 6.54 Å². The van der Waals surface area contributed by atoms with Crippen LogP contribution < -0.4 is 5.32 Å². The van der Waals surface area contributed by atoms with Crippen LogP contribution in [-0.4, -0.2) is 18.2 Å². The van der Waals surface area contributed by atoms with Crippen LogP contribution in [0.3, 0.4) is 0 Å². The van der Waals surface area contributed by atoms with Crippen molar-refractivity contribution in [1.82, 2.24) is 5.32 Å². The molecule has 0 bridgehead atoms. The fourth-order valence-corrected chi connectivity index (χ4v) is 0.688. The third kappa shape index (κ3) is 7.60. The molecule has 0 saturated carbocycles. The largest absolute Gasteiger partial charge is 0.444 e. The van der Waals surface area contributed by atoms with E-state index >= 15 is 0 Å². The summed E-state index contributed by atoms with van der Waals surface area (Å²) in [7, 11) is 0. The van der Waals surface area contributed by atoms with E-state index in [1.165, 1.54) is 0 Å². The quantitative estimate of drug-likeness (QED) is 0.799. The molecule has 0 aliphatic rings. The predicted molar refractivity (Wildman–Crippen MR) is 52.3 cm³/mol. The molecule has 0 aromatic carbocycles. The molecule has 0 fully saturated rings. The number of hydrogen-bond donors (Lipinski definition) is 1. The van der Waals surface area contributed by atoms with Gasteiger partial charge in [0.15, 0.2) is 0 Å². The second-order valence-corrected chi connectivity index (χ2v) is 3.77. The third-order valence-electron chi connectivity index (χ3n) is 0.852. The van der Waals surface area contributed by atoms with Gasteiger partial charge in [0.25, 0.3) is 0 Å². The van der Waals surface area contributed by atoms with Gasteiger partial charge in [-0.15, -0.1) is 0 Å². The molecule has 0 spiro atoms. The van der Waals surface area contributed by atoms with E-state index in [9.17, 15) is 4.79 Å². The van der Waals surface area contributed by atoms with Crippen LogP contribution in [0.4, 0.5) is 4.79 Å². The SMILES string of the molecule is CC(C)(C)OC(=O)NCC=CBr. The number of hydrogen-bond acceptors (Lipinski definition) is 2. The summed E-state index contributed by atoms with van der Waals surface area (Å²) in [5.74, 6) is 0. The first-order valence-corrected chi connectivity index (χ1v) is 4.59. The van der Waals surface area contributed by atoms with Gasteiger partial charge in [-0.1, -0.05) is 22.0 Å². The van der Waals surface area contributed by atoms with Crippen LogP contribution in [0.5, 0.6) is 0 Å². The van der Waals surface area contributed by atoms with Crippen LogP contribution in [0.2, 0.25) is 0 Å². The lowest BCUT2D eigenvalue weighted by Crippen LogP contribution is -2.32. The van der Waals surface area contributed by atoms with Crippen LogP contribution >= 0.6 is 15.9 Å². The highest BCUT2D eigenvalue weighted by molar-refractivity contribution is 9.11. The van der Waals surface area contributed by atoms with E-state index in [-0.39, 0.29) is 0 Å². The third-order valence-corrected chi connectivity index (χ3v) is 1.23. The molecule has 0 aromatic heterocycles. The highest BCUT2D eigenvalue weighted by Crippen LogP contribution is 2.05. The zero-order chi connectivity index (χ0) is 9.61. The fraction of sp³-hybridized carbons (Fsp3) is 0.625. The van der Waals surface area contributed by atoms with Crippen molar-refractivity contribution in [3.05, 3.63) is 11.1 Å². The Balaban J connectivity index is 3.61. The normalized spacial score (nSPS) is 11.7. The van der Waals surface area contributed by atoms with E-state index in [2.05, 4.69) is 21.2 Å². The molecule has 0 rings (SSSR count). The number of nitrogens with one attached hydrogen (secondary N) is 1. The van der Waals surface area contributed by atoms with Crippen molar-refractivity contribution >= 4 is 22.0 Å². The Labute approximate surface area is 81.3 Å². The molecule has 0 aliphatic heterocycles. The average molecular weight is 236 g/mol. The van der Waals surface area contributed by atoms with Crippen molar-refractivity contribution in [3.63, 3.8) is 0 Å². The van der Waals surface area contributed by atoms with Gasteiger partial charge in [0, 0.05) is 6.54 Å². The molecular weight excluding hydrogens is 222 g/mol. The minimum absolute atomic E-state index is 0.395. The van der Waals surface area contributed by atoms with Gasteiger partial charge < -0.3 is 10.1 Å². The number of rotatable bonds is 2. The van der Waals surface area contributed by atoms with Gasteiger partial charge in [-0.2, -0.15) is 0 Å². The van der Waals surface area contributed by atoms with E-state index in [4.69, 9.17) is 4.74 Å². The fourth-order valence-electron chi connectivity index (χ4n) is 0.501. The summed E-state index contributed by atoms with van der Waals surface area (Å²) >= 11 is 3.09. The Kier molecular flexibility index (Phi) is 4.97. The summed E-state index contributed by atoms with van der Waals surface area (Å²) < 4.78 is 4.99. The maximum atomic E-state index is 11.0. The highest BCUT2D eigenvalue weighted by Gasteiger charge is 2.14. The first kappa shape index (κ1) is 11.5. The number of halogens is 1. The summed E-state index contributed by atoms with van der Waals surface area (Å²) in [6.45, 7) is 5.95. The molecule has 0 aliphatic carbocycles. The zero-order valence-electron chi connectivity index (χ0n) is 7.56. The number of carbonyl (C=O) groups excluding carboxylic acids is 1. The van der Waals surface area contributed by atoms with Gasteiger partial charge in [-0.05, 0) is 25.8 Å². The Morgan fingerprint density at radius 1 is 1.58 bits per heavy atom. The maximum absolute atomic E-state index is 11.0. The van der Waals surface area contributed by atoms with Crippen molar-refractivity contribution in [2.45, 2.75) is 26.4 Å². The lowest BCUT2D eigenvalue weighted by Gasteiger charge is -2.19. The van der Waals surface area contributed by atoms with Crippen LogP contribution in [0.1, 0.15) is 20.8 Å². The zero-order valence-corrected chi connectivity index (χ0v) is 9.14. The lowest BCUT2D eigenvalue weighted by molar-refractivity contribution is 0.0534. The van der Waals surface area contributed by atoms with Crippen LogP contribution in [0.25, 0.3) is 0 Å². The van der Waals surface area contributed by atoms with E-state index in [0.29, 0.717) is 6.54 Å². The molecule has 70 valence electrons. The van der Waals surface area contributed by atoms with Gasteiger partial charge in [0.1, 0.15) is 5.60 Å². The summed E-state index contributed by atoms with van der Waals surface area (Å²) in [6, 6.07) is 0. The van der Waals surface area contributed by atoms with E-state index < -0.39 is 11.7 Å². The topological polar surface area (TPSA) is 38.3 Å². The molecule has 0 saturated heterocycles. The van der Waals surface area contributed by atoms with Crippen LogP contribution in [0, 0.1) is 0 Å². The van der Waals surface area contributed by atoms with Gasteiger partial charge in [-0.25, -0.2) is 4.79 Å². The Hall–Kier alpha value is -0.510. The summed E-state index contributed by atoms with van der Waals surface area (Å²) in [4.78, 5) is 12.6. The molecule has 0 heterocycles. The molecule has 4 heteroatoms. The van der Waals surface area contributed by atoms with E-state index in [1.54, 1.807) is 11.1 Å². The molecule has 0 radical (unpaired) electrons. The molecule has 3 nitrogen and oxygen atoms in total. The molecule has 0 atom stereocenters. The van der Waals surface area contributed by atoms with Gasteiger partial charge in [0.05, 0.1) is 0 Å². The predicted octanol–water partition coefficient (Wildman–Crippen LogP) is 2.42. The van der Waals surface area contributed by atoms with Gasteiger partial charge in [0.2, 0.25) is 0 Å². The number of amides is 1. The van der Waals surface area contributed by atoms with Gasteiger partial charge >= 0.3 is 6.09 Å². The maximum Gasteiger partial charge on any atom is 0.407 e. The second kappa shape index (κ2) is 5.19. The second-order valence-electron chi connectivity index (χ2n) is 3.24. The average Bonchev–Trinajstić information content (AvgIpc) is 1.84. The number of carbonyl (C=O) groups is 1. The molecule has 12 heavy (non-hydrogen) atoms. The number of ether oxygens (including phenoxy) is 1. The standard InChI is InChI=1S/C8H14BrNO2/c1-8(2,3)12-7(11)10-6-4-5-9/h4-5H,6H2,1-3H3,(H,10,11). The van der Waals surface area contributed by atoms with Crippen molar-refractivity contribution < 1.29 is 9.53 Å². The van der Waals surface area contributed by atoms with Crippen LogP contribution in [0.15, 0.2) is 11.1 Å².